The van der Waals surface area contributed by atoms with Gasteiger partial charge in [0.25, 0.3) is 0 Å². The molecule has 0 spiro atoms. The molecule has 0 saturated carbocycles. The maximum atomic E-state index is 12.4. The number of nitrogens with one attached hydrogen (secondary N) is 4. The number of urea groups is 2. The number of hydrogen-bond acceptors (Lipinski definition) is 10. The summed E-state index contributed by atoms with van der Waals surface area (Å²) >= 11 is 0. The molecule has 2 saturated heterocycles. The van der Waals surface area contributed by atoms with E-state index in [2.05, 4.69) is 93.7 Å². The van der Waals surface area contributed by atoms with Gasteiger partial charge in [-0.25, -0.2) is 14.4 Å². The first-order valence-electron chi connectivity index (χ1n) is 22.3. The van der Waals surface area contributed by atoms with Gasteiger partial charge in [-0.15, -0.1) is 0 Å². The first-order chi connectivity index (χ1) is 32.5. The number of para-hydroxylation sites is 2. The third-order valence-electron chi connectivity index (χ3n) is 12.3. The molecule has 4 amide bonds. The Morgan fingerprint density at radius 1 is 0.618 bits per heavy atom. The Balaban J connectivity index is 0.000000182. The summed E-state index contributed by atoms with van der Waals surface area (Å²) in [4.78, 5) is 49.4. The van der Waals surface area contributed by atoms with Gasteiger partial charge in [-0.2, -0.15) is 10.5 Å². The highest BCUT2D eigenvalue weighted by Crippen LogP contribution is 2.32. The zero-order valence-corrected chi connectivity index (χ0v) is 37.5. The van der Waals surface area contributed by atoms with Gasteiger partial charge in [-0.3, -0.25) is 19.8 Å². The van der Waals surface area contributed by atoms with Gasteiger partial charge >= 0.3 is 18.0 Å². The molecule has 0 bridgehead atoms. The number of hydrogen-bond donors (Lipinski definition) is 6. The van der Waals surface area contributed by atoms with E-state index >= 15 is 0 Å². The number of fused-ring (bicyclic) bond motifs is 2. The number of aliphatic carboxylic acids is 1. The van der Waals surface area contributed by atoms with Crippen molar-refractivity contribution < 1.29 is 24.6 Å². The number of benzene rings is 5. The van der Waals surface area contributed by atoms with Gasteiger partial charge in [-0.1, -0.05) is 74.2 Å². The van der Waals surface area contributed by atoms with Crippen molar-refractivity contribution >= 4 is 52.2 Å². The predicted molar refractivity (Wildman–Crippen MR) is 266 cm³/mol. The number of aliphatic hydroxyl groups excluding tert-OH is 1. The van der Waals surface area contributed by atoms with Gasteiger partial charge in [0, 0.05) is 60.8 Å². The Morgan fingerprint density at radius 3 is 1.40 bits per heavy atom. The molecule has 5 aromatic carbocycles. The molecule has 0 radical (unpaired) electrons. The molecular weight excluding hydrogens is 857 g/mol. The number of nitrogens with zero attached hydrogens (tertiary/aromatic N) is 6. The van der Waals surface area contributed by atoms with Crippen LogP contribution in [0.25, 0.3) is 0 Å². The lowest BCUT2D eigenvalue weighted by molar-refractivity contribution is -0.146. The fourth-order valence-corrected chi connectivity index (χ4v) is 8.65. The molecule has 15 nitrogen and oxygen atoms in total. The minimum atomic E-state index is -1.41. The van der Waals surface area contributed by atoms with Crippen LogP contribution >= 0.6 is 0 Å². The van der Waals surface area contributed by atoms with Crippen LogP contribution in [0.4, 0.5) is 32.3 Å². The molecule has 4 aliphatic heterocycles. The molecule has 350 valence electrons. The summed E-state index contributed by atoms with van der Waals surface area (Å²) in [6.07, 6.45) is 3.89. The van der Waals surface area contributed by atoms with Crippen LogP contribution in [0.5, 0.6) is 0 Å². The van der Waals surface area contributed by atoms with E-state index in [0.717, 1.165) is 63.0 Å². The standard InChI is InChI=1S/2C22H23N5O.C8H8O3.CH4/c2*1-27-11-10-18(25-22(28)24-17-8-6-15(14-23)7-9-17)13-21(27)20-12-16-4-2-3-5-19(16)26-20;9-7(8(10)11)6-4-2-1-3-5-6;/h2*2-9,18,21H,10-13H2,1H3,(H2,24,25,28);1-5,7,9H,(H,10,11);1H4/t2*18-,21-;7-;/m110./s1. The van der Waals surface area contributed by atoms with Gasteiger partial charge in [-0.05, 0) is 117 Å². The molecule has 0 aliphatic carbocycles. The topological polar surface area (TPSA) is 219 Å². The number of likely N-dealkylation sites (tertiary alicyclic amines) is 2. The second-order valence-corrected chi connectivity index (χ2v) is 17.0. The Labute approximate surface area is 397 Å². The Hall–Kier alpha value is -7.69. The highest BCUT2D eigenvalue weighted by molar-refractivity contribution is 5.99. The number of amides is 4. The average Bonchev–Trinajstić information content (AvgIpc) is 3.99. The first kappa shape index (κ1) is 49.7. The van der Waals surface area contributed by atoms with Crippen molar-refractivity contribution in [2.45, 2.75) is 76.2 Å². The number of carboxylic acids is 1. The lowest BCUT2D eigenvalue weighted by Gasteiger charge is -2.37. The summed E-state index contributed by atoms with van der Waals surface area (Å²) in [5.41, 5.74) is 9.96. The van der Waals surface area contributed by atoms with Crippen molar-refractivity contribution in [3.8, 4) is 12.1 Å². The van der Waals surface area contributed by atoms with Crippen molar-refractivity contribution in [2.75, 3.05) is 37.8 Å². The molecule has 2 fully saturated rings. The number of piperidine rings is 2. The second kappa shape index (κ2) is 23.7. The minimum Gasteiger partial charge on any atom is -0.479 e. The smallest absolute Gasteiger partial charge is 0.337 e. The number of aliphatic hydroxyl groups is 1. The Bertz CT molecular complexity index is 2520. The van der Waals surface area contributed by atoms with E-state index in [1.165, 1.54) is 22.6 Å². The van der Waals surface area contributed by atoms with Crippen molar-refractivity contribution in [1.82, 2.24) is 20.4 Å². The molecule has 6 N–H and O–H groups in total. The molecule has 0 aromatic heterocycles. The van der Waals surface area contributed by atoms with E-state index in [1.807, 2.05) is 12.1 Å². The fraction of sp³-hybridized carbons (Fsp3) is 0.302. The molecule has 0 unspecified atom stereocenters. The van der Waals surface area contributed by atoms with Crippen LogP contribution < -0.4 is 21.3 Å². The van der Waals surface area contributed by atoms with Crippen molar-refractivity contribution in [3.05, 3.63) is 155 Å². The van der Waals surface area contributed by atoms with Gasteiger partial charge in [0.1, 0.15) is 0 Å². The quantitative estimate of drug-likeness (QED) is 0.0880. The van der Waals surface area contributed by atoms with E-state index in [1.54, 1.807) is 78.9 Å². The molecule has 5 atom stereocenters. The lowest BCUT2D eigenvalue weighted by Crippen LogP contribution is -2.52. The molecule has 4 heterocycles. The van der Waals surface area contributed by atoms with Gasteiger partial charge in [0.05, 0.1) is 46.7 Å². The number of nitriles is 2. The summed E-state index contributed by atoms with van der Waals surface area (Å²) < 4.78 is 0. The highest BCUT2D eigenvalue weighted by Gasteiger charge is 2.34. The summed E-state index contributed by atoms with van der Waals surface area (Å²) in [5.74, 6) is -1.23. The van der Waals surface area contributed by atoms with Crippen LogP contribution in [0.3, 0.4) is 0 Å². The van der Waals surface area contributed by atoms with Gasteiger partial charge in [0.15, 0.2) is 6.10 Å². The minimum absolute atomic E-state index is 0. The van der Waals surface area contributed by atoms with Crippen LogP contribution in [-0.2, 0) is 17.6 Å². The summed E-state index contributed by atoms with van der Waals surface area (Å²) in [7, 11) is 4.26. The monoisotopic (exact) mass is 914 g/mol. The number of carbonyl (C=O) groups excluding carboxylic acids is 2. The highest BCUT2D eigenvalue weighted by atomic mass is 16.4. The summed E-state index contributed by atoms with van der Waals surface area (Å²) in [5, 5.41) is 47.0. The average molecular weight is 915 g/mol. The van der Waals surface area contributed by atoms with Crippen LogP contribution in [0.2, 0.25) is 0 Å². The number of aliphatic imine (C=N–C) groups is 2. The van der Waals surface area contributed by atoms with Crippen LogP contribution in [-0.4, -0.2) is 101 Å². The van der Waals surface area contributed by atoms with Crippen LogP contribution in [0.1, 0.15) is 67.0 Å². The molecule has 15 heteroatoms. The fourth-order valence-electron chi connectivity index (χ4n) is 8.65. The van der Waals surface area contributed by atoms with Gasteiger partial charge in [0.2, 0.25) is 0 Å². The van der Waals surface area contributed by atoms with E-state index in [-0.39, 0.29) is 43.7 Å². The molecular formula is C53H58N10O5. The van der Waals surface area contributed by atoms with E-state index in [0.29, 0.717) is 28.1 Å². The normalized spacial score (nSPS) is 19.6. The third kappa shape index (κ3) is 13.2. The van der Waals surface area contributed by atoms with Crippen molar-refractivity contribution in [1.29, 1.82) is 10.5 Å². The molecule has 5 aromatic rings. The maximum absolute atomic E-state index is 12.4. The summed E-state index contributed by atoms with van der Waals surface area (Å²) in [6.45, 7) is 1.84. The number of carbonyl (C=O) groups is 3. The largest absolute Gasteiger partial charge is 0.479 e. The number of rotatable bonds is 8. The Morgan fingerprint density at radius 2 is 1.01 bits per heavy atom. The molecule has 68 heavy (non-hydrogen) atoms. The first-order valence-corrected chi connectivity index (χ1v) is 22.3. The summed E-state index contributed by atoms with van der Waals surface area (Å²) in [6, 6.07) is 42.9. The zero-order valence-electron chi connectivity index (χ0n) is 37.5. The number of carboxylic acid groups (broad SMARTS) is 1. The second-order valence-electron chi connectivity index (χ2n) is 17.0. The number of anilines is 2. The molecule has 4 aliphatic rings. The van der Waals surface area contributed by atoms with Crippen molar-refractivity contribution in [2.24, 2.45) is 9.98 Å². The maximum Gasteiger partial charge on any atom is 0.337 e. The zero-order chi connectivity index (χ0) is 47.3. The van der Waals surface area contributed by atoms with E-state index < -0.39 is 12.1 Å². The van der Waals surface area contributed by atoms with Crippen molar-refractivity contribution in [3.63, 3.8) is 0 Å². The van der Waals surface area contributed by atoms with E-state index in [9.17, 15) is 14.4 Å². The van der Waals surface area contributed by atoms with E-state index in [4.69, 9.17) is 30.7 Å². The van der Waals surface area contributed by atoms with Crippen LogP contribution in [0.15, 0.2) is 137 Å². The third-order valence-corrected chi connectivity index (χ3v) is 12.3. The SMILES string of the molecule is C.CN1CC[C@@H](NC(=O)Nc2ccc(C#N)cc2)C[C@@H]1C1=Nc2ccccc2C1.CN1CC[C@@H](NC(=O)Nc2ccc(C#N)cc2)C[C@@H]1C1=Nc2ccccc2C1.O=C(O)[C@@H](O)c1ccccc1. The predicted octanol–water partition coefficient (Wildman–Crippen LogP) is 8.38. The Kier molecular flexibility index (Phi) is 17.3. The lowest BCUT2D eigenvalue weighted by atomic mass is 9.92. The van der Waals surface area contributed by atoms with Gasteiger partial charge < -0.3 is 31.5 Å². The molecule has 9 rings (SSSR count). The van der Waals surface area contributed by atoms with Crippen LogP contribution in [0, 0.1) is 22.7 Å².